The van der Waals surface area contributed by atoms with Crippen LogP contribution >= 0.6 is 0 Å². The number of benzene rings is 4. The van der Waals surface area contributed by atoms with Crippen molar-refractivity contribution < 1.29 is 46.9 Å². The molecule has 0 heterocycles. The van der Waals surface area contributed by atoms with Gasteiger partial charge in [0.1, 0.15) is 11.6 Å². The third-order valence-corrected chi connectivity index (χ3v) is 11.7. The topological polar surface area (TPSA) is 157 Å². The van der Waals surface area contributed by atoms with Crippen molar-refractivity contribution in [3.05, 3.63) is 142 Å². The number of carbonyl (C=O) groups excluding carboxylic acids is 4. The Balaban J connectivity index is 0.977. The zero-order valence-electron chi connectivity index (χ0n) is 40.2. The Hall–Kier alpha value is -6.30. The lowest BCUT2D eigenvalue weighted by molar-refractivity contribution is -0.138. The molecule has 69 heavy (non-hydrogen) atoms. The number of halogens is 2. The minimum absolute atomic E-state index is 0.316. The first-order chi connectivity index (χ1) is 33.6. The van der Waals surface area contributed by atoms with Crippen LogP contribution in [-0.2, 0) is 35.0 Å². The van der Waals surface area contributed by atoms with E-state index in [9.17, 15) is 28.0 Å². The van der Waals surface area contributed by atoms with Crippen LogP contribution in [0.2, 0.25) is 0 Å². The lowest BCUT2D eigenvalue weighted by atomic mass is 9.99. The first kappa shape index (κ1) is 55.3. The molecule has 0 spiro atoms. The number of anilines is 2. The van der Waals surface area contributed by atoms with Crippen molar-refractivity contribution in [3.8, 4) is 0 Å². The largest absolute Gasteiger partial charge is 0.463 e. The number of hydrogen-bond donors (Lipinski definition) is 2. The smallest absolute Gasteiger partial charge is 0.340 e. The number of hydrogen-bond acceptors (Lipinski definition) is 10. The number of unbranched alkanes of at least 4 members (excludes halogenated alkanes) is 18. The molecule has 0 bridgehead atoms. The molecule has 10 nitrogen and oxygen atoms in total. The fourth-order valence-electron chi connectivity index (χ4n) is 7.66. The van der Waals surface area contributed by atoms with E-state index < -0.39 is 23.9 Å². The summed E-state index contributed by atoms with van der Waals surface area (Å²) in [6.45, 7) is 1.43. The molecule has 0 saturated carbocycles. The van der Waals surface area contributed by atoms with Gasteiger partial charge in [0.05, 0.1) is 37.6 Å². The average molecular weight is 951 g/mol. The summed E-state index contributed by atoms with van der Waals surface area (Å²) in [6, 6.07) is 22.4. The SMILES string of the molecule is Nc1ccc(Cc2ccc(N)c(C(=O)OCCCCCCCCCCCCOC(=O)C=Cc3ccc(F)cc3)c2)cc1C(=O)OCCCCCCCCCCCCOC(=O)C=Cc1ccc(F)cc1. The molecule has 4 N–H and O–H groups in total. The van der Waals surface area contributed by atoms with Crippen LogP contribution in [-0.4, -0.2) is 50.3 Å². The van der Waals surface area contributed by atoms with Crippen molar-refractivity contribution in [2.45, 2.75) is 135 Å². The average Bonchev–Trinajstić information content (AvgIpc) is 3.34. The number of carbonyl (C=O) groups is 4. The number of ether oxygens (including phenoxy) is 4. The molecular weight excluding hydrogens is 879 g/mol. The fraction of sp³-hybridized carbons (Fsp3) is 0.439. The van der Waals surface area contributed by atoms with Gasteiger partial charge in [0.15, 0.2) is 0 Å². The third-order valence-electron chi connectivity index (χ3n) is 11.7. The van der Waals surface area contributed by atoms with Crippen LogP contribution in [0.25, 0.3) is 12.2 Å². The highest BCUT2D eigenvalue weighted by atomic mass is 19.1. The molecule has 0 aliphatic rings. The summed E-state index contributed by atoms with van der Waals surface area (Å²) in [4.78, 5) is 49.7. The highest BCUT2D eigenvalue weighted by molar-refractivity contribution is 5.96. The molecule has 0 aliphatic heterocycles. The van der Waals surface area contributed by atoms with Crippen LogP contribution in [0.1, 0.15) is 171 Å². The lowest BCUT2D eigenvalue weighted by Gasteiger charge is -2.11. The van der Waals surface area contributed by atoms with E-state index in [1.54, 1.807) is 60.7 Å². The Labute approximate surface area is 407 Å². The second kappa shape index (κ2) is 33.2. The van der Waals surface area contributed by atoms with E-state index in [-0.39, 0.29) is 11.6 Å². The maximum absolute atomic E-state index is 13.0. The summed E-state index contributed by atoms with van der Waals surface area (Å²) in [6.07, 6.45) is 27.1. The Morgan fingerprint density at radius 3 is 1.00 bits per heavy atom. The van der Waals surface area contributed by atoms with Gasteiger partial charge in [0.25, 0.3) is 0 Å². The molecule has 12 heteroatoms. The number of esters is 4. The zero-order chi connectivity index (χ0) is 49.3. The molecule has 0 saturated heterocycles. The maximum atomic E-state index is 13.0. The number of nitrogens with two attached hydrogens (primary N) is 2. The van der Waals surface area contributed by atoms with E-state index in [1.165, 1.54) is 36.4 Å². The maximum Gasteiger partial charge on any atom is 0.340 e. The Morgan fingerprint density at radius 2 is 0.681 bits per heavy atom. The third kappa shape index (κ3) is 24.0. The van der Waals surface area contributed by atoms with Crippen LogP contribution in [0.4, 0.5) is 20.2 Å². The number of nitrogen functional groups attached to an aromatic ring is 2. The van der Waals surface area contributed by atoms with E-state index in [1.807, 2.05) is 12.1 Å². The minimum Gasteiger partial charge on any atom is -0.463 e. The summed E-state index contributed by atoms with van der Waals surface area (Å²) in [5.41, 5.74) is 16.9. The molecule has 0 amide bonds. The fourth-order valence-corrected chi connectivity index (χ4v) is 7.66. The van der Waals surface area contributed by atoms with Crippen molar-refractivity contribution in [2.75, 3.05) is 37.9 Å². The molecule has 372 valence electrons. The van der Waals surface area contributed by atoms with Gasteiger partial charge in [-0.15, -0.1) is 0 Å². The van der Waals surface area contributed by atoms with Gasteiger partial charge in [-0.1, -0.05) is 139 Å². The molecule has 0 atom stereocenters. The van der Waals surface area contributed by atoms with Gasteiger partial charge in [-0.25, -0.2) is 28.0 Å². The molecule has 0 radical (unpaired) electrons. The number of rotatable bonds is 34. The van der Waals surface area contributed by atoms with Gasteiger partial charge < -0.3 is 30.4 Å². The summed E-state index contributed by atoms with van der Waals surface area (Å²) >= 11 is 0. The summed E-state index contributed by atoms with van der Waals surface area (Å²) in [5, 5.41) is 0. The van der Waals surface area contributed by atoms with E-state index in [0.29, 0.717) is 55.4 Å². The minimum atomic E-state index is -0.452. The van der Waals surface area contributed by atoms with E-state index in [2.05, 4.69) is 0 Å². The summed E-state index contributed by atoms with van der Waals surface area (Å²) < 4.78 is 47.6. The predicted octanol–water partition coefficient (Wildman–Crippen LogP) is 13.3. The van der Waals surface area contributed by atoms with Crippen molar-refractivity contribution in [2.24, 2.45) is 0 Å². The Bertz CT molecular complexity index is 2050. The molecule has 0 fully saturated rings. The second-order valence-corrected chi connectivity index (χ2v) is 17.5. The molecule has 4 aromatic carbocycles. The molecular formula is C57H72F2N2O8. The van der Waals surface area contributed by atoms with Gasteiger partial charge in [0.2, 0.25) is 0 Å². The second-order valence-electron chi connectivity index (χ2n) is 17.5. The van der Waals surface area contributed by atoms with Gasteiger partial charge in [-0.3, -0.25) is 0 Å². The first-order valence-corrected chi connectivity index (χ1v) is 24.9. The van der Waals surface area contributed by atoms with Crippen LogP contribution in [0.3, 0.4) is 0 Å². The van der Waals surface area contributed by atoms with Gasteiger partial charge >= 0.3 is 23.9 Å². The van der Waals surface area contributed by atoms with Gasteiger partial charge in [-0.2, -0.15) is 0 Å². The van der Waals surface area contributed by atoms with Crippen LogP contribution in [0.5, 0.6) is 0 Å². The van der Waals surface area contributed by atoms with Crippen molar-refractivity contribution in [3.63, 3.8) is 0 Å². The molecule has 0 unspecified atom stereocenters. The van der Waals surface area contributed by atoms with E-state index >= 15 is 0 Å². The summed E-state index contributed by atoms with van der Waals surface area (Å²) in [5.74, 6) is -2.32. The van der Waals surface area contributed by atoms with Gasteiger partial charge in [-0.05, 0) is 115 Å². The van der Waals surface area contributed by atoms with Crippen molar-refractivity contribution in [1.82, 2.24) is 0 Å². The quantitative estimate of drug-likeness (QED) is 0.0152. The predicted molar refractivity (Wildman–Crippen MR) is 270 cm³/mol. The zero-order valence-corrected chi connectivity index (χ0v) is 40.2. The molecule has 0 aliphatic carbocycles. The standard InChI is InChI=1S/C57H72F2N2O8/c58-48-29-21-44(22-30-48)27-35-54(62)66-37-17-13-9-5-1-3-7-11-15-19-39-68-56(64)50-42-46(25-33-52(50)60)41-47-26-34-53(61)51(43-47)57(65)69-40-20-16-12-8-4-2-6-10-14-18-38-67-55(63)36-28-45-23-31-49(59)32-24-45/h21-36,42-43H,1-20,37-41,60-61H2. The van der Waals surface area contributed by atoms with Crippen LogP contribution in [0.15, 0.2) is 97.1 Å². The highest BCUT2D eigenvalue weighted by Crippen LogP contribution is 2.22. The van der Waals surface area contributed by atoms with E-state index in [4.69, 9.17) is 30.4 Å². The van der Waals surface area contributed by atoms with Crippen molar-refractivity contribution >= 4 is 47.4 Å². The summed E-state index contributed by atoms with van der Waals surface area (Å²) in [7, 11) is 0. The molecule has 4 rings (SSSR count). The molecule has 0 aromatic heterocycles. The van der Waals surface area contributed by atoms with E-state index in [0.717, 1.165) is 151 Å². The van der Waals surface area contributed by atoms with Crippen LogP contribution < -0.4 is 11.5 Å². The van der Waals surface area contributed by atoms with Crippen LogP contribution in [0, 0.1) is 11.6 Å². The lowest BCUT2D eigenvalue weighted by Crippen LogP contribution is -2.11. The van der Waals surface area contributed by atoms with Crippen molar-refractivity contribution in [1.29, 1.82) is 0 Å². The normalized spacial score (nSPS) is 11.3. The molecule has 4 aromatic rings. The highest BCUT2D eigenvalue weighted by Gasteiger charge is 2.15. The van der Waals surface area contributed by atoms with Gasteiger partial charge in [0, 0.05) is 23.5 Å². The Kier molecular flexibility index (Phi) is 26.6. The Morgan fingerprint density at radius 1 is 0.391 bits per heavy atom. The first-order valence-electron chi connectivity index (χ1n) is 24.9. The monoisotopic (exact) mass is 951 g/mol.